The van der Waals surface area contributed by atoms with E-state index in [1.807, 2.05) is 13.0 Å². The molecule has 0 saturated carbocycles. The number of morpholine rings is 1. The van der Waals surface area contributed by atoms with E-state index >= 15 is 0 Å². The Hall–Kier alpha value is -1.61. The zero-order valence-corrected chi connectivity index (χ0v) is 17.1. The number of aryl methyl sites for hydroxylation is 1. The van der Waals surface area contributed by atoms with Crippen LogP contribution in [0.3, 0.4) is 0 Å². The Morgan fingerprint density at radius 1 is 1.33 bits per heavy atom. The number of ether oxygens (including phenoxy) is 1. The maximum atomic E-state index is 12.3. The molecular weight excluding hydrogens is 386 g/mol. The Labute approximate surface area is 168 Å². The van der Waals surface area contributed by atoms with Gasteiger partial charge < -0.3 is 14.6 Å². The van der Waals surface area contributed by atoms with Crippen molar-refractivity contribution in [2.24, 2.45) is 0 Å². The van der Waals surface area contributed by atoms with Crippen LogP contribution < -0.4 is 5.32 Å². The zero-order chi connectivity index (χ0) is 19.2. The fourth-order valence-corrected chi connectivity index (χ4v) is 3.81. The molecule has 0 unspecified atom stereocenters. The van der Waals surface area contributed by atoms with Crippen LogP contribution in [-0.4, -0.2) is 57.6 Å². The number of carbonyl (C=O) groups excluding carboxylic acids is 1. The van der Waals surface area contributed by atoms with Crippen LogP contribution in [0.15, 0.2) is 23.4 Å². The van der Waals surface area contributed by atoms with Crippen molar-refractivity contribution in [2.45, 2.75) is 32.1 Å². The number of hydrogen-bond acceptors (Lipinski definition) is 6. The first kappa shape index (κ1) is 20.1. The van der Waals surface area contributed by atoms with Gasteiger partial charge in [-0.2, -0.15) is 0 Å². The fourth-order valence-electron chi connectivity index (χ4n) is 2.87. The Bertz CT molecular complexity index is 792. The number of thioether (sulfide) groups is 1. The summed E-state index contributed by atoms with van der Waals surface area (Å²) in [5.74, 6) is 1.12. The molecule has 2 heterocycles. The molecule has 0 bridgehead atoms. The lowest BCUT2D eigenvalue weighted by Crippen LogP contribution is -2.36. The molecule has 146 valence electrons. The van der Waals surface area contributed by atoms with Gasteiger partial charge in [-0.1, -0.05) is 23.4 Å². The van der Waals surface area contributed by atoms with Crippen molar-refractivity contribution in [1.29, 1.82) is 0 Å². The molecule has 1 saturated heterocycles. The molecule has 0 aliphatic carbocycles. The monoisotopic (exact) mass is 409 g/mol. The highest BCUT2D eigenvalue weighted by Gasteiger charge is 2.17. The third-order valence-corrected chi connectivity index (χ3v) is 5.74. The molecule has 1 amide bonds. The second-order valence-electron chi connectivity index (χ2n) is 6.33. The Balaban J connectivity index is 1.56. The van der Waals surface area contributed by atoms with Crippen LogP contribution in [0, 0.1) is 6.92 Å². The smallest absolute Gasteiger partial charge is 0.234 e. The van der Waals surface area contributed by atoms with Gasteiger partial charge in [0.1, 0.15) is 5.82 Å². The van der Waals surface area contributed by atoms with Gasteiger partial charge in [-0.05, 0) is 37.6 Å². The first-order valence-corrected chi connectivity index (χ1v) is 10.3. The van der Waals surface area contributed by atoms with E-state index in [-0.39, 0.29) is 11.7 Å². The summed E-state index contributed by atoms with van der Waals surface area (Å²) in [7, 11) is 0. The molecular formula is C18H24ClN5O2S. The highest BCUT2D eigenvalue weighted by molar-refractivity contribution is 7.99. The molecule has 1 aromatic carbocycles. The third kappa shape index (κ3) is 5.44. The second-order valence-corrected chi connectivity index (χ2v) is 7.68. The van der Waals surface area contributed by atoms with E-state index in [2.05, 4.69) is 31.9 Å². The predicted octanol–water partition coefficient (Wildman–Crippen LogP) is 2.82. The molecule has 1 aliphatic rings. The Kier molecular flexibility index (Phi) is 7.12. The van der Waals surface area contributed by atoms with Gasteiger partial charge in [-0.25, -0.2) is 0 Å². The number of amides is 1. The van der Waals surface area contributed by atoms with Gasteiger partial charge in [0.25, 0.3) is 0 Å². The van der Waals surface area contributed by atoms with Gasteiger partial charge in [0.2, 0.25) is 5.91 Å². The number of nitrogens with one attached hydrogen (secondary N) is 1. The van der Waals surface area contributed by atoms with Crippen molar-refractivity contribution in [3.63, 3.8) is 0 Å². The van der Waals surface area contributed by atoms with Crippen LogP contribution >= 0.6 is 23.4 Å². The van der Waals surface area contributed by atoms with E-state index in [1.165, 1.54) is 11.8 Å². The highest BCUT2D eigenvalue weighted by atomic mass is 35.5. The lowest BCUT2D eigenvalue weighted by atomic mass is 10.2. The maximum absolute atomic E-state index is 12.3. The third-order valence-electron chi connectivity index (χ3n) is 4.35. The maximum Gasteiger partial charge on any atom is 0.234 e. The molecule has 1 N–H and O–H groups in total. The number of aromatic nitrogens is 3. The highest BCUT2D eigenvalue weighted by Crippen LogP contribution is 2.21. The summed E-state index contributed by atoms with van der Waals surface area (Å²) in [6.45, 7) is 8.82. The largest absolute Gasteiger partial charge is 0.379 e. The number of benzene rings is 1. The number of halogens is 1. The average Bonchev–Trinajstić information content (AvgIpc) is 3.05. The summed E-state index contributed by atoms with van der Waals surface area (Å²) >= 11 is 7.42. The molecule has 1 fully saturated rings. The zero-order valence-electron chi connectivity index (χ0n) is 15.6. The van der Waals surface area contributed by atoms with E-state index in [0.717, 1.165) is 61.6 Å². The minimum atomic E-state index is -0.0814. The van der Waals surface area contributed by atoms with Crippen molar-refractivity contribution in [3.8, 4) is 0 Å². The number of carbonyl (C=O) groups is 1. The van der Waals surface area contributed by atoms with Gasteiger partial charge in [0.05, 0.1) is 25.5 Å². The summed E-state index contributed by atoms with van der Waals surface area (Å²) in [5.41, 5.74) is 1.67. The first-order valence-electron chi connectivity index (χ1n) is 8.97. The summed E-state index contributed by atoms with van der Waals surface area (Å²) < 4.78 is 7.46. The van der Waals surface area contributed by atoms with Gasteiger partial charge in [-0.3, -0.25) is 9.69 Å². The van der Waals surface area contributed by atoms with Crippen LogP contribution in [0.5, 0.6) is 0 Å². The summed E-state index contributed by atoms with van der Waals surface area (Å²) in [5, 5.41) is 13.0. The van der Waals surface area contributed by atoms with Crippen molar-refractivity contribution in [1.82, 2.24) is 19.7 Å². The number of nitrogens with zero attached hydrogens (tertiary/aromatic N) is 4. The summed E-state index contributed by atoms with van der Waals surface area (Å²) in [6, 6.07) is 5.44. The van der Waals surface area contributed by atoms with Crippen molar-refractivity contribution < 1.29 is 9.53 Å². The summed E-state index contributed by atoms with van der Waals surface area (Å²) in [4.78, 5) is 14.6. The molecule has 0 radical (unpaired) electrons. The first-order chi connectivity index (χ1) is 13.1. The van der Waals surface area contributed by atoms with Gasteiger partial charge in [0.15, 0.2) is 5.16 Å². The molecule has 1 aliphatic heterocycles. The fraction of sp³-hybridized carbons (Fsp3) is 0.500. The van der Waals surface area contributed by atoms with Crippen LogP contribution in [0.4, 0.5) is 5.69 Å². The minimum Gasteiger partial charge on any atom is -0.379 e. The number of rotatable bonds is 7. The van der Waals surface area contributed by atoms with E-state index < -0.39 is 0 Å². The normalized spacial score (nSPS) is 15.1. The lowest BCUT2D eigenvalue weighted by Gasteiger charge is -2.26. The predicted molar refractivity (Wildman–Crippen MR) is 107 cm³/mol. The van der Waals surface area contributed by atoms with Crippen LogP contribution in [0.25, 0.3) is 0 Å². The topological polar surface area (TPSA) is 72.3 Å². The molecule has 0 spiro atoms. The van der Waals surface area contributed by atoms with Gasteiger partial charge in [0, 0.05) is 30.3 Å². The standard InChI is InChI=1S/C18H24ClN5O2S/c1-3-24-16(11-23-6-8-26-9-7-23)21-22-18(24)27-12-17(25)20-14-4-5-15(19)13(2)10-14/h4-5,10H,3,6-9,11-12H2,1-2H3,(H,20,25). The SMILES string of the molecule is CCn1c(CN2CCOCC2)nnc1SCC(=O)Nc1ccc(Cl)c(C)c1. The van der Waals surface area contributed by atoms with Crippen LogP contribution in [-0.2, 0) is 22.6 Å². The number of anilines is 1. The molecule has 0 atom stereocenters. The molecule has 1 aromatic heterocycles. The molecule has 3 rings (SSSR count). The Morgan fingerprint density at radius 3 is 2.81 bits per heavy atom. The molecule has 2 aromatic rings. The van der Waals surface area contributed by atoms with Crippen LogP contribution in [0.1, 0.15) is 18.3 Å². The molecule has 7 nitrogen and oxygen atoms in total. The average molecular weight is 410 g/mol. The van der Waals surface area contributed by atoms with Gasteiger partial charge >= 0.3 is 0 Å². The lowest BCUT2D eigenvalue weighted by molar-refractivity contribution is -0.113. The van der Waals surface area contributed by atoms with Gasteiger partial charge in [-0.15, -0.1) is 10.2 Å². The van der Waals surface area contributed by atoms with Crippen LogP contribution in [0.2, 0.25) is 5.02 Å². The quantitative estimate of drug-likeness (QED) is 0.709. The van der Waals surface area contributed by atoms with E-state index in [4.69, 9.17) is 16.3 Å². The van der Waals surface area contributed by atoms with E-state index in [1.54, 1.807) is 12.1 Å². The van der Waals surface area contributed by atoms with Crippen molar-refractivity contribution in [2.75, 3.05) is 37.4 Å². The second kappa shape index (κ2) is 9.54. The molecule has 9 heteroatoms. The molecule has 27 heavy (non-hydrogen) atoms. The van der Waals surface area contributed by atoms with E-state index in [0.29, 0.717) is 5.02 Å². The van der Waals surface area contributed by atoms with Crippen molar-refractivity contribution in [3.05, 3.63) is 34.6 Å². The summed E-state index contributed by atoms with van der Waals surface area (Å²) in [6.07, 6.45) is 0. The Morgan fingerprint density at radius 2 is 2.11 bits per heavy atom. The minimum absolute atomic E-state index is 0.0814. The van der Waals surface area contributed by atoms with Crippen molar-refractivity contribution >= 4 is 35.0 Å². The van der Waals surface area contributed by atoms with E-state index in [9.17, 15) is 4.79 Å². The number of hydrogen-bond donors (Lipinski definition) is 1.